The molecule has 1 amide bonds. The van der Waals surface area contributed by atoms with Crippen molar-refractivity contribution in [1.82, 2.24) is 24.4 Å². The number of hydrogen-bond donors (Lipinski definition) is 4. The first-order chi connectivity index (χ1) is 18.3. The minimum absolute atomic E-state index is 0.130. The van der Waals surface area contributed by atoms with Crippen molar-refractivity contribution in [3.05, 3.63) is 42.0 Å². The van der Waals surface area contributed by atoms with E-state index >= 15 is 0 Å². The van der Waals surface area contributed by atoms with Gasteiger partial charge in [-0.05, 0) is 43.7 Å². The van der Waals surface area contributed by atoms with Crippen LogP contribution in [0.3, 0.4) is 0 Å². The molecule has 4 atom stereocenters. The third-order valence-corrected chi connectivity index (χ3v) is 6.93. The number of rotatable bonds is 4. The predicted octanol–water partition coefficient (Wildman–Crippen LogP) is 0.981. The minimum Gasteiger partial charge on any atom is -0.410 e. The minimum atomic E-state index is -1.28. The molecule has 2 aliphatic rings. The highest BCUT2D eigenvalue weighted by molar-refractivity contribution is 5.82. The van der Waals surface area contributed by atoms with E-state index in [2.05, 4.69) is 26.8 Å². The Morgan fingerprint density at radius 1 is 1.18 bits per heavy atom. The highest BCUT2D eigenvalue weighted by atomic mass is 16.6. The van der Waals surface area contributed by atoms with Gasteiger partial charge in [-0.25, -0.2) is 19.7 Å². The van der Waals surface area contributed by atoms with Crippen LogP contribution in [0.2, 0.25) is 0 Å². The van der Waals surface area contributed by atoms with Crippen molar-refractivity contribution in [3.63, 3.8) is 0 Å². The molecule has 0 aliphatic carbocycles. The molecule has 5 rings (SSSR count). The molecule has 12 nitrogen and oxygen atoms in total. The normalized spacial score (nSPS) is 23.8. The van der Waals surface area contributed by atoms with E-state index in [-0.39, 0.29) is 17.7 Å². The van der Waals surface area contributed by atoms with Gasteiger partial charge in [-0.2, -0.15) is 0 Å². The number of hydrogen-bond acceptors (Lipinski definition) is 10. The third-order valence-electron chi connectivity index (χ3n) is 6.93. The standard InChI is InChI=1S/C26H30N6O6/c1-15-5-7-17(8-6-15)37-26(36)31-11-9-16(10-12-31)3-2-4-19-29-23(27)20-24(30-19)32(14-28-20)25-22(35)21(34)18(13-33)38-25/h5-8,14,16,18,21-22,25,33-35H,3,9-13H2,1H3,(H2,27,29,30)/t18-,21?,22?,25-/m1/s1. The molecule has 200 valence electrons. The van der Waals surface area contributed by atoms with E-state index in [4.69, 9.17) is 15.2 Å². The number of ether oxygens (including phenoxy) is 2. The second-order valence-electron chi connectivity index (χ2n) is 9.60. The summed E-state index contributed by atoms with van der Waals surface area (Å²) >= 11 is 0. The Hall–Kier alpha value is -3.76. The maximum absolute atomic E-state index is 12.5. The summed E-state index contributed by atoms with van der Waals surface area (Å²) in [5, 5.41) is 29.8. The van der Waals surface area contributed by atoms with Gasteiger partial charge < -0.3 is 35.4 Å². The van der Waals surface area contributed by atoms with Crippen LogP contribution in [0, 0.1) is 24.7 Å². The van der Waals surface area contributed by atoms with E-state index in [1.54, 1.807) is 17.0 Å². The van der Waals surface area contributed by atoms with Crippen LogP contribution in [-0.4, -0.2) is 83.8 Å². The van der Waals surface area contributed by atoms with Crippen molar-refractivity contribution < 1.29 is 29.6 Å². The number of piperidine rings is 1. The van der Waals surface area contributed by atoms with Crippen LogP contribution < -0.4 is 10.5 Å². The number of aryl methyl sites for hydroxylation is 1. The van der Waals surface area contributed by atoms with Crippen molar-refractivity contribution in [3.8, 4) is 17.6 Å². The Morgan fingerprint density at radius 2 is 1.92 bits per heavy atom. The van der Waals surface area contributed by atoms with Gasteiger partial charge in [0, 0.05) is 19.5 Å². The Balaban J connectivity index is 1.20. The Labute approximate surface area is 219 Å². The maximum atomic E-state index is 12.5. The molecule has 4 heterocycles. The van der Waals surface area contributed by atoms with Crippen LogP contribution in [0.1, 0.15) is 36.9 Å². The van der Waals surface area contributed by atoms with Gasteiger partial charge in [0.05, 0.1) is 12.9 Å². The van der Waals surface area contributed by atoms with Gasteiger partial charge >= 0.3 is 6.09 Å². The summed E-state index contributed by atoms with van der Waals surface area (Å²) in [6.45, 7) is 2.72. The largest absolute Gasteiger partial charge is 0.415 e. The number of aliphatic hydroxyl groups excluding tert-OH is 3. The lowest BCUT2D eigenvalue weighted by molar-refractivity contribution is -0.0511. The number of anilines is 1. The highest BCUT2D eigenvalue weighted by Crippen LogP contribution is 2.32. The molecular weight excluding hydrogens is 492 g/mol. The fraction of sp³-hybridized carbons (Fsp3) is 0.462. The first-order valence-electron chi connectivity index (χ1n) is 12.5. The number of nitrogens with two attached hydrogens (primary N) is 1. The summed E-state index contributed by atoms with van der Waals surface area (Å²) in [5.41, 5.74) is 7.79. The molecule has 2 fully saturated rings. The molecule has 0 radical (unpaired) electrons. The van der Waals surface area contributed by atoms with Gasteiger partial charge in [-0.1, -0.05) is 23.6 Å². The zero-order valence-electron chi connectivity index (χ0n) is 20.9. The molecule has 2 aromatic heterocycles. The van der Waals surface area contributed by atoms with E-state index in [0.29, 0.717) is 42.3 Å². The second-order valence-corrected chi connectivity index (χ2v) is 9.60. The molecule has 2 unspecified atom stereocenters. The van der Waals surface area contributed by atoms with Gasteiger partial charge in [-0.15, -0.1) is 0 Å². The van der Waals surface area contributed by atoms with E-state index in [9.17, 15) is 20.1 Å². The second kappa shape index (κ2) is 10.9. The molecule has 0 saturated carbocycles. The molecule has 2 aliphatic heterocycles. The number of likely N-dealkylation sites (tertiary alicyclic amines) is 1. The van der Waals surface area contributed by atoms with Gasteiger partial charge in [-0.3, -0.25) is 4.57 Å². The third kappa shape index (κ3) is 5.27. The Bertz CT molecular complexity index is 1360. The molecule has 5 N–H and O–H groups in total. The van der Waals surface area contributed by atoms with Gasteiger partial charge in [0.1, 0.15) is 29.6 Å². The zero-order chi connectivity index (χ0) is 26.8. The monoisotopic (exact) mass is 522 g/mol. The smallest absolute Gasteiger partial charge is 0.410 e. The molecular formula is C26H30N6O6. The number of benzene rings is 1. The number of nitrogens with zero attached hydrogens (tertiary/aromatic N) is 5. The van der Waals surface area contributed by atoms with Crippen LogP contribution in [0.25, 0.3) is 11.2 Å². The van der Waals surface area contributed by atoms with Gasteiger partial charge in [0.2, 0.25) is 5.82 Å². The SMILES string of the molecule is Cc1ccc(OC(=O)N2CCC(CC#Cc3nc(N)c4ncn([C@@H]5O[C@H](CO)C(O)C5O)c4n3)CC2)cc1. The van der Waals surface area contributed by atoms with E-state index in [1.807, 2.05) is 19.1 Å². The molecule has 3 aromatic rings. The quantitative estimate of drug-likeness (QED) is 0.362. The predicted molar refractivity (Wildman–Crippen MR) is 136 cm³/mol. The van der Waals surface area contributed by atoms with E-state index in [0.717, 1.165) is 18.4 Å². The molecule has 0 spiro atoms. The summed E-state index contributed by atoms with van der Waals surface area (Å²) in [6, 6.07) is 7.37. The van der Waals surface area contributed by atoms with E-state index < -0.39 is 31.1 Å². The van der Waals surface area contributed by atoms with Crippen LogP contribution >= 0.6 is 0 Å². The van der Waals surface area contributed by atoms with Crippen LogP contribution in [0.15, 0.2) is 30.6 Å². The Kier molecular flexibility index (Phi) is 7.44. The van der Waals surface area contributed by atoms with Crippen LogP contribution in [0.5, 0.6) is 5.75 Å². The number of nitrogen functional groups attached to an aromatic ring is 1. The van der Waals surface area contributed by atoms with Gasteiger partial charge in [0.25, 0.3) is 0 Å². The van der Waals surface area contributed by atoms with Crippen LogP contribution in [0.4, 0.5) is 10.6 Å². The maximum Gasteiger partial charge on any atom is 0.415 e. The average molecular weight is 523 g/mol. The number of fused-ring (bicyclic) bond motifs is 1. The summed E-state index contributed by atoms with van der Waals surface area (Å²) < 4.78 is 12.5. The molecule has 12 heteroatoms. The van der Waals surface area contributed by atoms with Crippen molar-refractivity contribution in [1.29, 1.82) is 0 Å². The summed E-state index contributed by atoms with van der Waals surface area (Å²) in [5.74, 6) is 7.24. The molecule has 0 bridgehead atoms. The first-order valence-corrected chi connectivity index (χ1v) is 12.5. The number of carbonyl (C=O) groups excluding carboxylic acids is 1. The summed E-state index contributed by atoms with van der Waals surface area (Å²) in [4.78, 5) is 27.0. The molecule has 1 aromatic carbocycles. The van der Waals surface area contributed by atoms with Gasteiger partial charge in [0.15, 0.2) is 17.7 Å². The number of amides is 1. The Morgan fingerprint density at radius 3 is 2.61 bits per heavy atom. The molecule has 38 heavy (non-hydrogen) atoms. The van der Waals surface area contributed by atoms with Crippen molar-refractivity contribution in [2.45, 2.75) is 50.7 Å². The number of imidazole rings is 1. The fourth-order valence-corrected chi connectivity index (χ4v) is 4.66. The number of aromatic nitrogens is 4. The lowest BCUT2D eigenvalue weighted by Crippen LogP contribution is -2.40. The topological polar surface area (TPSA) is 169 Å². The lowest BCUT2D eigenvalue weighted by Gasteiger charge is -2.30. The average Bonchev–Trinajstić information content (AvgIpc) is 3.46. The van der Waals surface area contributed by atoms with Crippen molar-refractivity contribution in [2.75, 3.05) is 25.4 Å². The lowest BCUT2D eigenvalue weighted by atomic mass is 9.94. The van der Waals surface area contributed by atoms with Crippen LogP contribution in [-0.2, 0) is 4.74 Å². The summed E-state index contributed by atoms with van der Waals surface area (Å²) in [7, 11) is 0. The number of aliphatic hydroxyl groups is 3. The molecule has 2 saturated heterocycles. The first kappa shape index (κ1) is 25.9. The summed E-state index contributed by atoms with van der Waals surface area (Å²) in [6.07, 6.45) is -1.20. The van der Waals surface area contributed by atoms with Crippen molar-refractivity contribution in [2.24, 2.45) is 5.92 Å². The van der Waals surface area contributed by atoms with Crippen molar-refractivity contribution >= 4 is 23.1 Å². The number of carbonyl (C=O) groups is 1. The van der Waals surface area contributed by atoms with E-state index in [1.165, 1.54) is 10.9 Å². The fourth-order valence-electron chi connectivity index (χ4n) is 4.66. The highest BCUT2D eigenvalue weighted by Gasteiger charge is 2.44. The zero-order valence-corrected chi connectivity index (χ0v) is 20.9.